The molecule has 4 amide bonds. The van der Waals surface area contributed by atoms with Crippen molar-refractivity contribution in [2.75, 3.05) is 36.1 Å². The Morgan fingerprint density at radius 2 is 1.08 bits per heavy atom. The number of benzene rings is 6. The van der Waals surface area contributed by atoms with Gasteiger partial charge in [0.25, 0.3) is 23.6 Å². The molecule has 320 valence electrons. The lowest BCUT2D eigenvalue weighted by molar-refractivity contribution is 0.0503. The molecule has 0 saturated heterocycles. The first-order valence-corrected chi connectivity index (χ1v) is 20.7. The second-order valence-corrected chi connectivity index (χ2v) is 15.8. The van der Waals surface area contributed by atoms with Gasteiger partial charge in [-0.1, -0.05) is 59.7 Å². The molecule has 2 aliphatic rings. The van der Waals surface area contributed by atoms with Crippen molar-refractivity contribution in [2.24, 2.45) is 10.2 Å². The number of rotatable bonds is 14. The Balaban J connectivity index is 0.936. The average molecular weight is 854 g/mol. The van der Waals surface area contributed by atoms with Crippen LogP contribution in [0.5, 0.6) is 0 Å². The number of ether oxygens (including phenoxy) is 2. The van der Waals surface area contributed by atoms with Crippen LogP contribution in [0.4, 0.5) is 22.7 Å². The molecule has 13 heteroatoms. The van der Waals surface area contributed by atoms with E-state index in [1.807, 2.05) is 73.3 Å². The van der Waals surface area contributed by atoms with Crippen molar-refractivity contribution in [1.29, 1.82) is 0 Å². The highest BCUT2D eigenvalue weighted by atomic mass is 16.5. The van der Waals surface area contributed by atoms with Crippen molar-refractivity contribution in [3.8, 4) is 0 Å². The first-order valence-electron chi connectivity index (χ1n) is 20.7. The summed E-state index contributed by atoms with van der Waals surface area (Å²) in [5.74, 6) is -3.47. The Morgan fingerprint density at radius 1 is 0.562 bits per heavy atom. The molecule has 64 heavy (non-hydrogen) atoms. The largest absolute Gasteiger partial charge is 0.460 e. The molecule has 0 unspecified atom stereocenters. The third-order valence-electron chi connectivity index (χ3n) is 11.0. The molecule has 2 heterocycles. The number of hydrogen-bond donors (Lipinski definition) is 1. The van der Waals surface area contributed by atoms with Gasteiger partial charge in [-0.25, -0.2) is 14.5 Å². The SMILES string of the molecule is Cc1cc(C)cc(Cc2cc(C)c(N3C(=O)c4ccc(C(=O)OCCN(CCOC(=O)c5ccc6c(c5)C(=O)NC6=O)c5ccc(N=Nc6ccccc6)cc5)cc4C3=O)c(C)c2)c1. The number of fused-ring (bicyclic) bond motifs is 2. The Labute approximate surface area is 369 Å². The quantitative estimate of drug-likeness (QED) is 0.0639. The monoisotopic (exact) mass is 853 g/mol. The van der Waals surface area contributed by atoms with Gasteiger partial charge >= 0.3 is 11.9 Å². The van der Waals surface area contributed by atoms with Gasteiger partial charge in [0.2, 0.25) is 0 Å². The number of azo groups is 1. The average Bonchev–Trinajstić information content (AvgIpc) is 3.70. The molecule has 0 bridgehead atoms. The van der Waals surface area contributed by atoms with Crippen LogP contribution in [0.2, 0.25) is 0 Å². The van der Waals surface area contributed by atoms with E-state index < -0.39 is 35.6 Å². The van der Waals surface area contributed by atoms with E-state index in [0.717, 1.165) is 16.7 Å². The summed E-state index contributed by atoms with van der Waals surface area (Å²) in [6.07, 6.45) is 0.709. The number of nitrogens with zero attached hydrogens (tertiary/aromatic N) is 4. The van der Waals surface area contributed by atoms with Gasteiger partial charge in [-0.15, -0.1) is 0 Å². The van der Waals surface area contributed by atoms with E-state index in [9.17, 15) is 28.8 Å². The summed E-state index contributed by atoms with van der Waals surface area (Å²) in [7, 11) is 0. The van der Waals surface area contributed by atoms with E-state index in [0.29, 0.717) is 29.2 Å². The topological polar surface area (TPSA) is 164 Å². The molecule has 6 aromatic rings. The van der Waals surface area contributed by atoms with E-state index in [1.165, 1.54) is 58.0 Å². The number of imide groups is 2. The predicted molar refractivity (Wildman–Crippen MR) is 240 cm³/mol. The van der Waals surface area contributed by atoms with Crippen LogP contribution < -0.4 is 15.1 Å². The van der Waals surface area contributed by atoms with Gasteiger partial charge in [-0.3, -0.25) is 24.5 Å². The highest BCUT2D eigenvalue weighted by Crippen LogP contribution is 2.35. The first-order chi connectivity index (χ1) is 30.8. The maximum absolute atomic E-state index is 13.9. The van der Waals surface area contributed by atoms with Crippen LogP contribution >= 0.6 is 0 Å². The van der Waals surface area contributed by atoms with Crippen LogP contribution in [0, 0.1) is 27.7 Å². The summed E-state index contributed by atoms with van der Waals surface area (Å²) in [6, 6.07) is 35.4. The fourth-order valence-electron chi connectivity index (χ4n) is 8.15. The van der Waals surface area contributed by atoms with Crippen LogP contribution in [0.15, 0.2) is 132 Å². The van der Waals surface area contributed by atoms with Crippen molar-refractivity contribution in [3.63, 3.8) is 0 Å². The second kappa shape index (κ2) is 18.1. The summed E-state index contributed by atoms with van der Waals surface area (Å²) in [5, 5.41) is 10.8. The number of amides is 4. The van der Waals surface area contributed by atoms with Gasteiger partial charge in [0.1, 0.15) is 13.2 Å². The fraction of sp³-hybridized carbons (Fsp3) is 0.176. The molecule has 2 aliphatic heterocycles. The second-order valence-electron chi connectivity index (χ2n) is 15.8. The summed E-state index contributed by atoms with van der Waals surface area (Å²) < 4.78 is 11.3. The summed E-state index contributed by atoms with van der Waals surface area (Å²) in [4.78, 5) is 81.3. The maximum atomic E-state index is 13.9. The van der Waals surface area contributed by atoms with Crippen LogP contribution in [0.3, 0.4) is 0 Å². The normalized spacial score (nSPS) is 13.0. The molecular weight excluding hydrogens is 811 g/mol. The van der Waals surface area contributed by atoms with E-state index in [2.05, 4.69) is 47.6 Å². The standard InChI is InChI=1S/C51H43N5O8/c1-30-22-31(2)24-34(23-30)27-35-25-32(3)45(33(4)26-35)56-48(59)42-17-11-37(29-44(42)49(56)60)51(62)64-21-19-55(40-14-12-39(13-15-40)54-53-38-8-6-5-7-9-38)18-20-63-50(61)36-10-16-41-43(28-36)47(58)52-46(41)57/h5-17,22-26,28-29H,18-21,27H2,1-4H3,(H,52,57,58). The Morgan fingerprint density at radius 3 is 1.69 bits per heavy atom. The molecule has 1 N–H and O–H groups in total. The van der Waals surface area contributed by atoms with Crippen LogP contribution in [0.25, 0.3) is 0 Å². The minimum absolute atomic E-state index is 0.0734. The van der Waals surface area contributed by atoms with E-state index in [-0.39, 0.29) is 59.7 Å². The van der Waals surface area contributed by atoms with Gasteiger partial charge in [0.05, 0.1) is 63.5 Å². The number of hydrogen-bond acceptors (Lipinski definition) is 11. The summed E-state index contributed by atoms with van der Waals surface area (Å²) in [6.45, 7) is 8.13. The van der Waals surface area contributed by atoms with Gasteiger partial charge in [-0.2, -0.15) is 10.2 Å². The van der Waals surface area contributed by atoms with Gasteiger partial charge < -0.3 is 14.4 Å². The zero-order valence-corrected chi connectivity index (χ0v) is 35.6. The molecule has 0 fully saturated rings. The number of anilines is 2. The number of aryl methyl sites for hydroxylation is 4. The fourth-order valence-corrected chi connectivity index (χ4v) is 8.15. The van der Waals surface area contributed by atoms with Crippen LogP contribution in [0.1, 0.15) is 95.5 Å². The van der Waals surface area contributed by atoms with Gasteiger partial charge in [0, 0.05) is 5.69 Å². The predicted octanol–water partition coefficient (Wildman–Crippen LogP) is 9.13. The lowest BCUT2D eigenvalue weighted by Gasteiger charge is -2.24. The molecular formula is C51H43N5O8. The van der Waals surface area contributed by atoms with Crippen molar-refractivity contribution in [1.82, 2.24) is 5.32 Å². The van der Waals surface area contributed by atoms with Gasteiger partial charge in [-0.05, 0) is 129 Å². The maximum Gasteiger partial charge on any atom is 0.338 e. The van der Waals surface area contributed by atoms with Crippen molar-refractivity contribution in [2.45, 2.75) is 34.1 Å². The molecule has 0 spiro atoms. The molecule has 0 aromatic heterocycles. The Kier molecular flexibility index (Phi) is 12.1. The minimum Gasteiger partial charge on any atom is -0.460 e. The van der Waals surface area contributed by atoms with Crippen LogP contribution in [-0.4, -0.2) is 61.9 Å². The van der Waals surface area contributed by atoms with Crippen LogP contribution in [-0.2, 0) is 15.9 Å². The third kappa shape index (κ3) is 9.09. The number of esters is 2. The van der Waals surface area contributed by atoms with E-state index >= 15 is 0 Å². The molecule has 0 radical (unpaired) electrons. The molecule has 0 aliphatic carbocycles. The lowest BCUT2D eigenvalue weighted by atomic mass is 9.96. The highest BCUT2D eigenvalue weighted by molar-refractivity contribution is 6.35. The molecule has 13 nitrogen and oxygen atoms in total. The van der Waals surface area contributed by atoms with Crippen molar-refractivity contribution < 1.29 is 38.2 Å². The summed E-state index contributed by atoms with van der Waals surface area (Å²) >= 11 is 0. The number of carbonyl (C=O) groups excluding carboxylic acids is 6. The number of nitrogens with one attached hydrogen (secondary N) is 1. The number of carbonyl (C=O) groups is 6. The lowest BCUT2D eigenvalue weighted by Crippen LogP contribution is -2.32. The molecule has 8 rings (SSSR count). The smallest absolute Gasteiger partial charge is 0.338 e. The highest BCUT2D eigenvalue weighted by Gasteiger charge is 2.39. The zero-order chi connectivity index (χ0) is 45.1. The van der Waals surface area contributed by atoms with E-state index in [4.69, 9.17) is 9.47 Å². The van der Waals surface area contributed by atoms with Crippen molar-refractivity contribution in [3.05, 3.63) is 188 Å². The zero-order valence-electron chi connectivity index (χ0n) is 35.6. The van der Waals surface area contributed by atoms with E-state index in [1.54, 1.807) is 12.1 Å². The van der Waals surface area contributed by atoms with Crippen molar-refractivity contribution >= 4 is 58.3 Å². The summed E-state index contributed by atoms with van der Waals surface area (Å²) in [5.41, 5.74) is 9.54. The minimum atomic E-state index is -0.688. The molecule has 6 aromatic carbocycles. The Bertz CT molecular complexity index is 2860. The Hall–Kier alpha value is -8.06. The molecule has 0 saturated carbocycles. The molecule has 0 atom stereocenters. The van der Waals surface area contributed by atoms with Gasteiger partial charge in [0.15, 0.2) is 0 Å². The third-order valence-corrected chi connectivity index (χ3v) is 11.0. The first kappa shape index (κ1) is 42.6.